The molecule has 1 N–H and O–H groups in total. The fourth-order valence-corrected chi connectivity index (χ4v) is 4.34. The first-order chi connectivity index (χ1) is 10.2. The number of hydrogen-bond donors (Lipinski definition) is 1. The van der Waals surface area contributed by atoms with E-state index in [4.69, 9.17) is 0 Å². The molecule has 0 spiro atoms. The van der Waals surface area contributed by atoms with Crippen LogP contribution in [0.25, 0.3) is 0 Å². The molecule has 0 aromatic heterocycles. The summed E-state index contributed by atoms with van der Waals surface area (Å²) in [6.07, 6.45) is 6.43. The third kappa shape index (κ3) is 3.20. The maximum absolute atomic E-state index is 12.6. The molecule has 2 nitrogen and oxygen atoms in total. The Balaban J connectivity index is 1.73. The zero-order chi connectivity index (χ0) is 14.8. The minimum atomic E-state index is -2.77. The van der Waals surface area contributed by atoms with Gasteiger partial charge in [-0.3, -0.25) is 0 Å². The van der Waals surface area contributed by atoms with Gasteiger partial charge in [0.2, 0.25) is 0 Å². The summed E-state index contributed by atoms with van der Waals surface area (Å²) in [6, 6.07) is 7.24. The van der Waals surface area contributed by atoms with Gasteiger partial charge in [0, 0.05) is 11.6 Å². The number of halogens is 2. The summed E-state index contributed by atoms with van der Waals surface area (Å²) in [5.74, 6) is 2.77. The molecule has 2 aliphatic rings. The molecular weight excluding hydrogens is 272 g/mol. The lowest BCUT2D eigenvalue weighted by Gasteiger charge is -2.27. The van der Waals surface area contributed by atoms with Crippen LogP contribution in [-0.2, 0) is 0 Å². The van der Waals surface area contributed by atoms with E-state index < -0.39 is 6.61 Å². The third-order valence-corrected chi connectivity index (χ3v) is 5.28. The maximum atomic E-state index is 12.6. The Morgan fingerprint density at radius 1 is 1.24 bits per heavy atom. The number of benzene rings is 1. The summed E-state index contributed by atoms with van der Waals surface area (Å²) < 4.78 is 29.8. The Hall–Kier alpha value is -1.16. The van der Waals surface area contributed by atoms with E-state index in [2.05, 4.69) is 10.1 Å². The highest BCUT2D eigenvalue weighted by Crippen LogP contribution is 2.51. The number of rotatable bonds is 6. The number of alkyl halides is 2. The van der Waals surface area contributed by atoms with E-state index in [1.54, 1.807) is 12.1 Å². The van der Waals surface area contributed by atoms with Crippen molar-refractivity contribution in [2.75, 3.05) is 7.05 Å². The standard InChI is InChI=1S/C17H23F2NO/c1-20-15(10-13-9-11-6-7-12(13)8-11)14-4-2-3-5-16(14)21-17(18)19/h2-5,11-13,15,17,20H,6-10H2,1H3. The van der Waals surface area contributed by atoms with Crippen LogP contribution in [-0.4, -0.2) is 13.7 Å². The van der Waals surface area contributed by atoms with Gasteiger partial charge in [0.1, 0.15) is 5.75 Å². The molecule has 21 heavy (non-hydrogen) atoms. The topological polar surface area (TPSA) is 21.3 Å². The average Bonchev–Trinajstić information content (AvgIpc) is 3.07. The van der Waals surface area contributed by atoms with Crippen molar-refractivity contribution in [1.82, 2.24) is 5.32 Å². The molecule has 0 heterocycles. The smallest absolute Gasteiger partial charge is 0.387 e. The van der Waals surface area contributed by atoms with Crippen molar-refractivity contribution < 1.29 is 13.5 Å². The molecule has 2 saturated carbocycles. The van der Waals surface area contributed by atoms with Crippen LogP contribution in [0, 0.1) is 17.8 Å². The van der Waals surface area contributed by atoms with Gasteiger partial charge in [0.15, 0.2) is 0 Å². The number of fused-ring (bicyclic) bond motifs is 2. The van der Waals surface area contributed by atoms with E-state index in [0.717, 1.165) is 29.7 Å². The first kappa shape index (κ1) is 14.8. The molecule has 0 aliphatic heterocycles. The molecule has 2 fully saturated rings. The Bertz CT molecular complexity index is 480. The second-order valence-corrected chi connectivity index (χ2v) is 6.43. The van der Waals surface area contributed by atoms with Crippen molar-refractivity contribution >= 4 is 0 Å². The predicted octanol–water partition coefficient (Wildman–Crippen LogP) is 4.37. The van der Waals surface area contributed by atoms with Gasteiger partial charge in [0.05, 0.1) is 0 Å². The lowest BCUT2D eigenvalue weighted by atomic mass is 9.82. The summed E-state index contributed by atoms with van der Waals surface area (Å²) >= 11 is 0. The van der Waals surface area contributed by atoms with Crippen LogP contribution in [0.5, 0.6) is 5.75 Å². The Labute approximate surface area is 124 Å². The second kappa shape index (κ2) is 6.30. The molecule has 0 amide bonds. The SMILES string of the molecule is CNC(CC1CC2CCC1C2)c1ccccc1OC(F)F. The molecule has 4 unspecified atom stereocenters. The molecule has 3 rings (SSSR count). The average molecular weight is 295 g/mol. The maximum Gasteiger partial charge on any atom is 0.387 e. The van der Waals surface area contributed by atoms with E-state index in [1.165, 1.54) is 25.7 Å². The molecule has 116 valence electrons. The van der Waals surface area contributed by atoms with Gasteiger partial charge in [0.25, 0.3) is 0 Å². The summed E-state index contributed by atoms with van der Waals surface area (Å²) in [5, 5.41) is 3.29. The van der Waals surface area contributed by atoms with Crippen LogP contribution >= 0.6 is 0 Å². The van der Waals surface area contributed by atoms with Crippen LogP contribution in [0.1, 0.15) is 43.7 Å². The molecule has 4 heteroatoms. The molecule has 1 aromatic rings. The van der Waals surface area contributed by atoms with Crippen molar-refractivity contribution in [2.24, 2.45) is 17.8 Å². The van der Waals surface area contributed by atoms with E-state index in [1.807, 2.05) is 19.2 Å². The monoisotopic (exact) mass is 295 g/mol. The summed E-state index contributed by atoms with van der Waals surface area (Å²) in [6.45, 7) is -2.77. The largest absolute Gasteiger partial charge is 0.434 e. The highest BCUT2D eigenvalue weighted by atomic mass is 19.3. The van der Waals surface area contributed by atoms with Crippen LogP contribution in [0.3, 0.4) is 0 Å². The van der Waals surface area contributed by atoms with Crippen LogP contribution in [0.15, 0.2) is 24.3 Å². The zero-order valence-electron chi connectivity index (χ0n) is 12.4. The Morgan fingerprint density at radius 2 is 2.05 bits per heavy atom. The fraction of sp³-hybridized carbons (Fsp3) is 0.647. The number of nitrogens with one attached hydrogen (secondary N) is 1. The van der Waals surface area contributed by atoms with Gasteiger partial charge in [-0.15, -0.1) is 0 Å². The highest BCUT2D eigenvalue weighted by molar-refractivity contribution is 5.36. The molecule has 4 atom stereocenters. The van der Waals surface area contributed by atoms with Gasteiger partial charge < -0.3 is 10.1 Å². The third-order valence-electron chi connectivity index (χ3n) is 5.28. The zero-order valence-corrected chi connectivity index (χ0v) is 12.4. The molecule has 2 bridgehead atoms. The van der Waals surface area contributed by atoms with Gasteiger partial charge in [-0.25, -0.2) is 0 Å². The number of para-hydroxylation sites is 1. The first-order valence-electron chi connectivity index (χ1n) is 7.88. The van der Waals surface area contributed by atoms with Crippen molar-refractivity contribution in [3.05, 3.63) is 29.8 Å². The normalized spacial score (nSPS) is 29.0. The van der Waals surface area contributed by atoms with Crippen molar-refractivity contribution in [3.8, 4) is 5.75 Å². The molecule has 2 aliphatic carbocycles. The number of hydrogen-bond acceptors (Lipinski definition) is 2. The minimum Gasteiger partial charge on any atom is -0.434 e. The molecule has 0 radical (unpaired) electrons. The minimum absolute atomic E-state index is 0.0873. The van der Waals surface area contributed by atoms with Crippen molar-refractivity contribution in [1.29, 1.82) is 0 Å². The Morgan fingerprint density at radius 3 is 2.67 bits per heavy atom. The molecule has 0 saturated heterocycles. The first-order valence-corrected chi connectivity index (χ1v) is 7.88. The lowest BCUT2D eigenvalue weighted by Crippen LogP contribution is -2.23. The fourth-order valence-electron chi connectivity index (χ4n) is 4.34. The van der Waals surface area contributed by atoms with Crippen LogP contribution in [0.4, 0.5) is 8.78 Å². The van der Waals surface area contributed by atoms with Gasteiger partial charge >= 0.3 is 6.61 Å². The molecule has 1 aromatic carbocycles. The number of ether oxygens (including phenoxy) is 1. The van der Waals surface area contributed by atoms with E-state index >= 15 is 0 Å². The van der Waals surface area contributed by atoms with Gasteiger partial charge in [-0.2, -0.15) is 8.78 Å². The predicted molar refractivity (Wildman–Crippen MR) is 78.4 cm³/mol. The summed E-state index contributed by atoms with van der Waals surface area (Å²) in [4.78, 5) is 0. The van der Waals surface area contributed by atoms with E-state index in [9.17, 15) is 8.78 Å². The second-order valence-electron chi connectivity index (χ2n) is 6.43. The van der Waals surface area contributed by atoms with E-state index in [-0.39, 0.29) is 6.04 Å². The van der Waals surface area contributed by atoms with Crippen molar-refractivity contribution in [2.45, 2.75) is 44.8 Å². The van der Waals surface area contributed by atoms with E-state index in [0.29, 0.717) is 5.75 Å². The molecular formula is C17H23F2NO. The summed E-state index contributed by atoms with van der Waals surface area (Å²) in [5.41, 5.74) is 0.850. The Kier molecular flexibility index (Phi) is 4.43. The summed E-state index contributed by atoms with van der Waals surface area (Å²) in [7, 11) is 1.90. The quantitative estimate of drug-likeness (QED) is 0.841. The van der Waals surface area contributed by atoms with Gasteiger partial charge in [-0.05, 0) is 56.6 Å². The van der Waals surface area contributed by atoms with Crippen molar-refractivity contribution in [3.63, 3.8) is 0 Å². The van der Waals surface area contributed by atoms with Crippen LogP contribution < -0.4 is 10.1 Å². The van der Waals surface area contributed by atoms with Crippen LogP contribution in [0.2, 0.25) is 0 Å². The lowest BCUT2D eigenvalue weighted by molar-refractivity contribution is -0.0507. The van der Waals surface area contributed by atoms with Gasteiger partial charge in [-0.1, -0.05) is 24.6 Å². The highest BCUT2D eigenvalue weighted by Gasteiger charge is 2.40.